The zero-order valence-corrected chi connectivity index (χ0v) is 5.88. The lowest BCUT2D eigenvalue weighted by molar-refractivity contribution is -0.611. The maximum atomic E-state index is 9.78. The van der Waals surface area contributed by atoms with Crippen molar-refractivity contribution in [2.45, 2.75) is 12.6 Å². The van der Waals surface area contributed by atoms with Crippen molar-refractivity contribution in [1.29, 1.82) is 0 Å². The van der Waals surface area contributed by atoms with Gasteiger partial charge in [0.25, 0.3) is 0 Å². The van der Waals surface area contributed by atoms with E-state index in [0.29, 0.717) is 0 Å². The normalized spacial score (nSPS) is 17.4. The van der Waals surface area contributed by atoms with E-state index in [-0.39, 0.29) is 5.33 Å². The number of rotatable bonds is 2. The van der Waals surface area contributed by atoms with Crippen molar-refractivity contribution < 1.29 is 10.0 Å². The molecule has 0 fully saturated rings. The SMILES string of the molecule is CC(O)(CBr)[N+](=O)[O-]. The van der Waals surface area contributed by atoms with Crippen LogP contribution < -0.4 is 0 Å². The average molecular weight is 184 g/mol. The molecule has 0 spiro atoms. The summed E-state index contributed by atoms with van der Waals surface area (Å²) in [6.45, 7) is 1.13. The molecule has 48 valence electrons. The molecule has 0 aliphatic rings. The lowest BCUT2D eigenvalue weighted by atomic mass is 10.3. The highest BCUT2D eigenvalue weighted by Gasteiger charge is 2.31. The van der Waals surface area contributed by atoms with Gasteiger partial charge in [-0.15, -0.1) is 0 Å². The molecule has 1 atom stereocenters. The Morgan fingerprint density at radius 1 is 2.00 bits per heavy atom. The Kier molecular flexibility index (Phi) is 2.36. The monoisotopic (exact) mass is 183 g/mol. The summed E-state index contributed by atoms with van der Waals surface area (Å²) in [5.41, 5.74) is -1.82. The molecule has 0 amide bonds. The van der Waals surface area contributed by atoms with Gasteiger partial charge in [-0.25, -0.2) is 0 Å². The van der Waals surface area contributed by atoms with Gasteiger partial charge in [-0.1, -0.05) is 15.9 Å². The number of halogens is 1. The maximum Gasteiger partial charge on any atom is 0.329 e. The minimum absolute atomic E-state index is 0.0486. The predicted molar refractivity (Wildman–Crippen MR) is 31.4 cm³/mol. The molecule has 0 aliphatic carbocycles. The first-order chi connectivity index (χ1) is 3.50. The van der Waals surface area contributed by atoms with Crippen LogP contribution in [0.2, 0.25) is 0 Å². The fraction of sp³-hybridized carbons (Fsp3) is 1.00. The fourth-order valence-electron chi connectivity index (χ4n) is 0.0488. The summed E-state index contributed by atoms with van der Waals surface area (Å²) in [4.78, 5) is 9.03. The predicted octanol–water partition coefficient (Wildman–Crippen LogP) is 0.367. The molecule has 4 nitrogen and oxygen atoms in total. The second kappa shape index (κ2) is 2.41. The van der Waals surface area contributed by atoms with E-state index in [1.54, 1.807) is 0 Å². The number of alkyl halides is 1. The van der Waals surface area contributed by atoms with Crippen LogP contribution in [-0.4, -0.2) is 21.1 Å². The Morgan fingerprint density at radius 2 is 2.38 bits per heavy atom. The molecule has 0 bridgehead atoms. The first-order valence-corrected chi connectivity index (χ1v) is 3.05. The Labute approximate surface area is 54.8 Å². The maximum absolute atomic E-state index is 9.78. The summed E-state index contributed by atoms with van der Waals surface area (Å²) in [7, 11) is 0. The highest BCUT2D eigenvalue weighted by atomic mass is 79.9. The largest absolute Gasteiger partial charge is 0.330 e. The van der Waals surface area contributed by atoms with Gasteiger partial charge in [-0.2, -0.15) is 0 Å². The molecule has 0 heterocycles. The van der Waals surface area contributed by atoms with E-state index in [9.17, 15) is 10.1 Å². The molecule has 0 radical (unpaired) electrons. The zero-order chi connectivity index (χ0) is 6.78. The van der Waals surface area contributed by atoms with Gasteiger partial charge in [-0.05, 0) is 0 Å². The summed E-state index contributed by atoms with van der Waals surface area (Å²) in [5.74, 6) is 0. The first-order valence-electron chi connectivity index (χ1n) is 1.93. The van der Waals surface area contributed by atoms with Crippen LogP contribution in [-0.2, 0) is 0 Å². The van der Waals surface area contributed by atoms with Gasteiger partial charge in [0.05, 0.1) is 4.92 Å². The fourth-order valence-corrected chi connectivity index (χ4v) is 0.254. The highest BCUT2D eigenvalue weighted by molar-refractivity contribution is 9.09. The summed E-state index contributed by atoms with van der Waals surface area (Å²) in [5, 5.41) is 18.4. The van der Waals surface area contributed by atoms with E-state index >= 15 is 0 Å². The summed E-state index contributed by atoms with van der Waals surface area (Å²) in [6, 6.07) is 0. The minimum Gasteiger partial charge on any atom is -0.330 e. The van der Waals surface area contributed by atoms with Gasteiger partial charge in [-0.3, -0.25) is 10.1 Å². The van der Waals surface area contributed by atoms with Crippen molar-refractivity contribution in [1.82, 2.24) is 0 Å². The second-order valence-corrected chi connectivity index (χ2v) is 2.17. The third-order valence-electron chi connectivity index (χ3n) is 0.646. The molecule has 0 rings (SSSR count). The van der Waals surface area contributed by atoms with Crippen LogP contribution in [0.3, 0.4) is 0 Å². The minimum atomic E-state index is -1.82. The first kappa shape index (κ1) is 7.84. The highest BCUT2D eigenvalue weighted by Crippen LogP contribution is 2.06. The van der Waals surface area contributed by atoms with Gasteiger partial charge in [0.2, 0.25) is 0 Å². The van der Waals surface area contributed by atoms with Crippen LogP contribution in [0.4, 0.5) is 0 Å². The molecule has 0 saturated carbocycles. The quantitative estimate of drug-likeness (QED) is 0.291. The number of aliphatic hydroxyl groups is 1. The van der Waals surface area contributed by atoms with Gasteiger partial charge in [0.1, 0.15) is 5.33 Å². The molecular formula is C3H6BrNO3. The number of hydrogen-bond acceptors (Lipinski definition) is 3. The molecule has 0 aliphatic heterocycles. The Bertz CT molecular complexity index is 103. The van der Waals surface area contributed by atoms with Crippen LogP contribution in [0.1, 0.15) is 6.92 Å². The number of nitrogens with zero attached hydrogens (tertiary/aromatic N) is 1. The number of hydrogen-bond donors (Lipinski definition) is 1. The zero-order valence-electron chi connectivity index (χ0n) is 4.30. The molecule has 1 unspecified atom stereocenters. The topological polar surface area (TPSA) is 63.4 Å². The van der Waals surface area contributed by atoms with Crippen molar-refractivity contribution in [2.75, 3.05) is 5.33 Å². The van der Waals surface area contributed by atoms with Gasteiger partial charge in [0, 0.05) is 6.92 Å². The van der Waals surface area contributed by atoms with E-state index in [2.05, 4.69) is 15.9 Å². The van der Waals surface area contributed by atoms with Crippen LogP contribution >= 0.6 is 15.9 Å². The standard InChI is InChI=1S/C3H6BrNO3/c1-3(6,2-4)5(7)8/h6H,2H2,1H3. The molecule has 0 aromatic heterocycles. The number of nitro groups is 1. The summed E-state index contributed by atoms with van der Waals surface area (Å²) >= 11 is 2.78. The molecule has 0 saturated heterocycles. The van der Waals surface area contributed by atoms with E-state index in [0.717, 1.165) is 6.92 Å². The van der Waals surface area contributed by atoms with Crippen LogP contribution in [0.5, 0.6) is 0 Å². The van der Waals surface area contributed by atoms with Crippen molar-refractivity contribution in [3.8, 4) is 0 Å². The third-order valence-corrected chi connectivity index (χ3v) is 1.71. The second-order valence-electron chi connectivity index (χ2n) is 1.61. The van der Waals surface area contributed by atoms with Crippen LogP contribution in [0.25, 0.3) is 0 Å². The van der Waals surface area contributed by atoms with Gasteiger partial charge < -0.3 is 5.11 Å². The summed E-state index contributed by atoms with van der Waals surface area (Å²) < 4.78 is 0. The summed E-state index contributed by atoms with van der Waals surface area (Å²) in [6.07, 6.45) is 0. The molecule has 1 N–H and O–H groups in total. The van der Waals surface area contributed by atoms with Crippen molar-refractivity contribution in [2.24, 2.45) is 0 Å². The average Bonchev–Trinajstić information content (AvgIpc) is 1.67. The molecule has 0 aromatic carbocycles. The smallest absolute Gasteiger partial charge is 0.329 e. The van der Waals surface area contributed by atoms with Crippen molar-refractivity contribution >= 4 is 15.9 Å². The van der Waals surface area contributed by atoms with E-state index < -0.39 is 10.6 Å². The Balaban J connectivity index is 3.91. The van der Waals surface area contributed by atoms with Crippen molar-refractivity contribution in [3.05, 3.63) is 10.1 Å². The molecule has 5 heteroatoms. The molecular weight excluding hydrogens is 178 g/mol. The van der Waals surface area contributed by atoms with E-state index in [4.69, 9.17) is 5.11 Å². The van der Waals surface area contributed by atoms with Crippen LogP contribution in [0, 0.1) is 10.1 Å². The third kappa shape index (κ3) is 1.75. The van der Waals surface area contributed by atoms with E-state index in [1.165, 1.54) is 0 Å². The van der Waals surface area contributed by atoms with Gasteiger partial charge in [0.15, 0.2) is 0 Å². The lowest BCUT2D eigenvalue weighted by Crippen LogP contribution is -2.35. The molecule has 8 heavy (non-hydrogen) atoms. The Hall–Kier alpha value is -0.160. The van der Waals surface area contributed by atoms with Gasteiger partial charge >= 0.3 is 5.72 Å². The van der Waals surface area contributed by atoms with Crippen molar-refractivity contribution in [3.63, 3.8) is 0 Å². The Morgan fingerprint density at radius 3 is 2.38 bits per heavy atom. The van der Waals surface area contributed by atoms with Crippen LogP contribution in [0.15, 0.2) is 0 Å². The molecule has 0 aromatic rings. The lowest BCUT2D eigenvalue weighted by Gasteiger charge is -2.08. The van der Waals surface area contributed by atoms with E-state index in [1.807, 2.05) is 0 Å².